The molecule has 0 saturated carbocycles. The second kappa shape index (κ2) is 7.16. The predicted octanol–water partition coefficient (Wildman–Crippen LogP) is 4.25. The van der Waals surface area contributed by atoms with Gasteiger partial charge in [0.15, 0.2) is 17.3 Å². The number of hydrogen-bond donors (Lipinski definition) is 1. The minimum atomic E-state index is -1.67. The number of Topliss-reactive ketones (excluding diaryl/α,β-unsaturated/α-hetero) is 3. The van der Waals surface area contributed by atoms with Crippen LogP contribution in [-0.4, -0.2) is 23.3 Å². The van der Waals surface area contributed by atoms with Gasteiger partial charge in [-0.05, 0) is 42.5 Å². The minimum absolute atomic E-state index is 0.00496. The van der Waals surface area contributed by atoms with Crippen molar-refractivity contribution in [2.45, 2.75) is 0 Å². The molecule has 5 rings (SSSR count). The highest BCUT2D eigenvalue weighted by atomic mass is 19.1. The summed E-state index contributed by atoms with van der Waals surface area (Å²) in [5.41, 5.74) is -0.217. The van der Waals surface area contributed by atoms with Crippen molar-refractivity contribution < 1.29 is 28.0 Å². The summed E-state index contributed by atoms with van der Waals surface area (Å²) in [7, 11) is 0. The summed E-state index contributed by atoms with van der Waals surface area (Å²) in [5.74, 6) is -5.78. The molecular formula is C25H13F2NO4. The number of carbonyl (C=O) groups excluding carboxylic acids is 4. The van der Waals surface area contributed by atoms with E-state index in [4.69, 9.17) is 0 Å². The molecule has 3 aromatic carbocycles. The second-order valence-electron chi connectivity index (χ2n) is 7.48. The molecule has 0 unspecified atom stereocenters. The fourth-order valence-corrected chi connectivity index (χ4v) is 4.14. The molecule has 0 bridgehead atoms. The Balaban J connectivity index is 1.80. The van der Waals surface area contributed by atoms with Crippen LogP contribution < -0.4 is 5.32 Å². The lowest BCUT2D eigenvalue weighted by molar-refractivity contribution is -0.117. The molecule has 0 saturated heterocycles. The lowest BCUT2D eigenvalue weighted by Crippen LogP contribution is -2.35. The zero-order valence-corrected chi connectivity index (χ0v) is 16.3. The first kappa shape index (κ1) is 19.7. The molecule has 1 N–H and O–H groups in total. The van der Waals surface area contributed by atoms with Crippen molar-refractivity contribution in [3.63, 3.8) is 0 Å². The van der Waals surface area contributed by atoms with Gasteiger partial charge in [0.2, 0.25) is 5.91 Å². The van der Waals surface area contributed by atoms with Crippen LogP contribution in [-0.2, 0) is 4.79 Å². The zero-order valence-electron chi connectivity index (χ0n) is 16.3. The quantitative estimate of drug-likeness (QED) is 0.488. The van der Waals surface area contributed by atoms with Crippen molar-refractivity contribution in [2.75, 3.05) is 5.32 Å². The molecule has 0 fully saturated rings. The summed E-state index contributed by atoms with van der Waals surface area (Å²) < 4.78 is 27.5. The van der Waals surface area contributed by atoms with Crippen molar-refractivity contribution in [2.24, 2.45) is 5.92 Å². The van der Waals surface area contributed by atoms with Crippen LogP contribution in [0.15, 0.2) is 72.3 Å². The molecular weight excluding hydrogens is 416 g/mol. The molecule has 32 heavy (non-hydrogen) atoms. The first-order valence-corrected chi connectivity index (χ1v) is 9.70. The van der Waals surface area contributed by atoms with Gasteiger partial charge in [0.05, 0.1) is 0 Å². The average molecular weight is 429 g/mol. The zero-order chi connectivity index (χ0) is 22.6. The number of allylic oxidation sites excluding steroid dienone is 1. The number of carbonyl (C=O) groups is 4. The maximum atomic E-state index is 14.1. The topological polar surface area (TPSA) is 80.3 Å². The summed E-state index contributed by atoms with van der Waals surface area (Å²) in [6.45, 7) is 0. The van der Waals surface area contributed by atoms with E-state index in [0.717, 1.165) is 24.3 Å². The number of hydrogen-bond acceptors (Lipinski definition) is 4. The van der Waals surface area contributed by atoms with Gasteiger partial charge in [-0.25, -0.2) is 8.78 Å². The highest BCUT2D eigenvalue weighted by Crippen LogP contribution is 2.42. The molecule has 156 valence electrons. The van der Waals surface area contributed by atoms with Crippen LogP contribution in [0.3, 0.4) is 0 Å². The number of halogens is 2. The Labute approximate surface area is 180 Å². The monoisotopic (exact) mass is 429 g/mol. The van der Waals surface area contributed by atoms with E-state index in [0.29, 0.717) is 0 Å². The maximum absolute atomic E-state index is 14.1. The Morgan fingerprint density at radius 3 is 2.06 bits per heavy atom. The molecule has 1 aliphatic heterocycles. The molecule has 1 heterocycles. The first-order chi connectivity index (χ1) is 15.4. The van der Waals surface area contributed by atoms with E-state index in [1.165, 1.54) is 30.3 Å². The van der Waals surface area contributed by atoms with Crippen LogP contribution in [0.2, 0.25) is 0 Å². The smallest absolute Gasteiger partial charge is 0.240 e. The van der Waals surface area contributed by atoms with Crippen LogP contribution in [0.5, 0.6) is 0 Å². The van der Waals surface area contributed by atoms with Crippen LogP contribution in [0, 0.1) is 17.6 Å². The lowest BCUT2D eigenvalue weighted by Gasteiger charge is -2.23. The molecule has 5 nitrogen and oxygen atoms in total. The van der Waals surface area contributed by atoms with Crippen molar-refractivity contribution in [3.8, 4) is 0 Å². The van der Waals surface area contributed by atoms with Crippen molar-refractivity contribution in [1.29, 1.82) is 0 Å². The second-order valence-corrected chi connectivity index (χ2v) is 7.48. The van der Waals surface area contributed by atoms with Crippen LogP contribution >= 0.6 is 0 Å². The summed E-state index contributed by atoms with van der Waals surface area (Å²) in [6, 6.07) is 14.0. The molecule has 2 aliphatic rings. The Kier molecular flexibility index (Phi) is 4.41. The molecule has 1 amide bonds. The predicted molar refractivity (Wildman–Crippen MR) is 111 cm³/mol. The average Bonchev–Trinajstić information content (AvgIpc) is 2.91. The Morgan fingerprint density at radius 2 is 1.38 bits per heavy atom. The van der Waals surface area contributed by atoms with E-state index in [2.05, 4.69) is 5.32 Å². The molecule has 7 heteroatoms. The number of fused-ring (bicyclic) bond motifs is 3. The van der Waals surface area contributed by atoms with Gasteiger partial charge in [0, 0.05) is 39.1 Å². The molecule has 0 aromatic heterocycles. The molecule has 3 aromatic rings. The fraction of sp³-hybridized carbons (Fsp3) is 0.0400. The van der Waals surface area contributed by atoms with Crippen LogP contribution in [0.1, 0.15) is 36.6 Å². The summed E-state index contributed by atoms with van der Waals surface area (Å²) >= 11 is 0. The van der Waals surface area contributed by atoms with E-state index in [-0.39, 0.29) is 39.1 Å². The van der Waals surface area contributed by atoms with Gasteiger partial charge in [-0.1, -0.05) is 24.3 Å². The van der Waals surface area contributed by atoms with E-state index in [1.54, 1.807) is 12.1 Å². The third-order valence-electron chi connectivity index (χ3n) is 5.61. The SMILES string of the molecule is O=C1C2=C(C(=O)c3ccccc31)[C@@H](C(=O)c1ccc(F)cc1)C(=O)Nc1ccc(F)cc12. The minimum Gasteiger partial charge on any atom is -0.325 e. The van der Waals surface area contributed by atoms with Gasteiger partial charge >= 0.3 is 0 Å². The molecule has 1 atom stereocenters. The number of ketones is 3. The first-order valence-electron chi connectivity index (χ1n) is 9.70. The standard InChI is InChI=1S/C25H13F2NO4/c26-13-7-5-12(6-8-13)22(29)21-20-19(17-11-14(27)9-10-18(17)28-25(21)32)23(30)15-3-1-2-4-16(15)24(20)31/h1-11,21H,(H,28,32)/t21-/m0/s1. The van der Waals surface area contributed by atoms with E-state index in [9.17, 15) is 28.0 Å². The highest BCUT2D eigenvalue weighted by molar-refractivity contribution is 6.44. The van der Waals surface area contributed by atoms with Gasteiger partial charge in [-0.15, -0.1) is 0 Å². The summed E-state index contributed by atoms with van der Waals surface area (Å²) in [5, 5.41) is 2.54. The lowest BCUT2D eigenvalue weighted by atomic mass is 9.75. The Hall–Kier alpha value is -4.26. The van der Waals surface area contributed by atoms with E-state index in [1.807, 2.05) is 0 Å². The van der Waals surface area contributed by atoms with Crippen molar-refractivity contribution in [3.05, 3.63) is 106 Å². The largest absolute Gasteiger partial charge is 0.325 e. The Bertz CT molecular complexity index is 1390. The van der Waals surface area contributed by atoms with E-state index >= 15 is 0 Å². The third kappa shape index (κ3) is 2.90. The summed E-state index contributed by atoms with van der Waals surface area (Å²) in [4.78, 5) is 53.5. The van der Waals surface area contributed by atoms with Gasteiger partial charge in [-0.2, -0.15) is 0 Å². The summed E-state index contributed by atoms with van der Waals surface area (Å²) in [6.07, 6.45) is 0. The third-order valence-corrected chi connectivity index (χ3v) is 5.61. The number of amides is 1. The number of nitrogens with one attached hydrogen (secondary N) is 1. The van der Waals surface area contributed by atoms with Crippen molar-refractivity contribution >= 4 is 34.5 Å². The molecule has 1 aliphatic carbocycles. The Morgan fingerprint density at radius 1 is 0.750 bits per heavy atom. The van der Waals surface area contributed by atoms with Crippen LogP contribution in [0.25, 0.3) is 5.57 Å². The van der Waals surface area contributed by atoms with Crippen LogP contribution in [0.4, 0.5) is 14.5 Å². The van der Waals surface area contributed by atoms with Gasteiger partial charge in [-0.3, -0.25) is 19.2 Å². The van der Waals surface area contributed by atoms with Gasteiger partial charge in [0.1, 0.15) is 17.6 Å². The highest BCUT2D eigenvalue weighted by Gasteiger charge is 2.45. The van der Waals surface area contributed by atoms with Gasteiger partial charge in [0.25, 0.3) is 0 Å². The molecule has 0 spiro atoms. The molecule has 0 radical (unpaired) electrons. The maximum Gasteiger partial charge on any atom is 0.240 e. The fourth-order valence-electron chi connectivity index (χ4n) is 4.14. The number of anilines is 1. The normalized spacial score (nSPS) is 17.2. The van der Waals surface area contributed by atoms with E-state index < -0.39 is 40.8 Å². The van der Waals surface area contributed by atoms with Crippen molar-refractivity contribution in [1.82, 2.24) is 0 Å². The van der Waals surface area contributed by atoms with Gasteiger partial charge < -0.3 is 5.32 Å². The number of benzene rings is 3. The number of rotatable bonds is 2.